The van der Waals surface area contributed by atoms with Crippen LogP contribution in [0.15, 0.2) is 54.6 Å². The van der Waals surface area contributed by atoms with Crippen molar-refractivity contribution in [3.8, 4) is 5.75 Å². The summed E-state index contributed by atoms with van der Waals surface area (Å²) in [6, 6.07) is 17.7. The molecule has 23 heavy (non-hydrogen) atoms. The van der Waals surface area contributed by atoms with Crippen molar-refractivity contribution in [2.45, 2.75) is 25.9 Å². The summed E-state index contributed by atoms with van der Waals surface area (Å²) in [7, 11) is 0. The van der Waals surface area contributed by atoms with E-state index in [1.807, 2.05) is 54.6 Å². The Bertz CT molecular complexity index is 596. The van der Waals surface area contributed by atoms with Gasteiger partial charge in [0.15, 0.2) is 0 Å². The molecule has 0 aliphatic carbocycles. The smallest absolute Gasteiger partial charge is 0.306 e. The minimum atomic E-state index is -0.215. The maximum atomic E-state index is 11.6. The zero-order valence-corrected chi connectivity index (χ0v) is 13.4. The zero-order valence-electron chi connectivity index (χ0n) is 13.4. The average Bonchev–Trinajstić information content (AvgIpc) is 2.59. The van der Waals surface area contributed by atoms with Crippen LogP contribution < -0.4 is 10.5 Å². The number of carbonyl (C=O) groups excluding carboxylic acids is 1. The maximum absolute atomic E-state index is 11.6. The average molecular weight is 313 g/mol. The van der Waals surface area contributed by atoms with Gasteiger partial charge in [0.2, 0.25) is 0 Å². The van der Waals surface area contributed by atoms with Gasteiger partial charge in [0.05, 0.1) is 13.0 Å². The van der Waals surface area contributed by atoms with Crippen LogP contribution in [0, 0.1) is 0 Å². The molecule has 0 aliphatic heterocycles. The topological polar surface area (TPSA) is 61.5 Å². The molecule has 2 rings (SSSR count). The molecule has 0 spiro atoms. The van der Waals surface area contributed by atoms with Gasteiger partial charge in [-0.2, -0.15) is 0 Å². The van der Waals surface area contributed by atoms with Gasteiger partial charge in [0.25, 0.3) is 0 Å². The van der Waals surface area contributed by atoms with Gasteiger partial charge in [0, 0.05) is 5.92 Å². The molecule has 0 aliphatic rings. The molecule has 0 bridgehead atoms. The summed E-state index contributed by atoms with van der Waals surface area (Å²) in [6.07, 6.45) is 0.300. The molecule has 122 valence electrons. The fourth-order valence-corrected chi connectivity index (χ4v) is 2.34. The Kier molecular flexibility index (Phi) is 6.63. The van der Waals surface area contributed by atoms with E-state index in [9.17, 15) is 4.79 Å². The van der Waals surface area contributed by atoms with Crippen LogP contribution >= 0.6 is 0 Å². The second-order valence-electron chi connectivity index (χ2n) is 5.29. The highest BCUT2D eigenvalue weighted by atomic mass is 16.5. The monoisotopic (exact) mass is 313 g/mol. The van der Waals surface area contributed by atoms with Crippen LogP contribution in [-0.2, 0) is 16.1 Å². The molecular weight excluding hydrogens is 290 g/mol. The number of ether oxygens (including phenoxy) is 2. The fraction of sp³-hybridized carbons (Fsp3) is 0.316. The highest BCUT2D eigenvalue weighted by molar-refractivity contribution is 5.70. The molecule has 0 unspecified atom stereocenters. The van der Waals surface area contributed by atoms with Crippen LogP contribution in [0.4, 0.5) is 0 Å². The van der Waals surface area contributed by atoms with Crippen LogP contribution in [0.25, 0.3) is 0 Å². The normalized spacial score (nSPS) is 11.7. The SMILES string of the molecule is CCOC(=O)C[C@H](CN)c1ccc(OCc2ccccc2)cc1. The third-order valence-electron chi connectivity index (χ3n) is 3.60. The Morgan fingerprint density at radius 3 is 2.39 bits per heavy atom. The Morgan fingerprint density at radius 1 is 1.09 bits per heavy atom. The second-order valence-corrected chi connectivity index (χ2v) is 5.29. The Balaban J connectivity index is 1.93. The molecule has 0 radical (unpaired) electrons. The van der Waals surface area contributed by atoms with Crippen molar-refractivity contribution in [3.05, 3.63) is 65.7 Å². The minimum Gasteiger partial charge on any atom is -0.489 e. The van der Waals surface area contributed by atoms with E-state index in [-0.39, 0.29) is 11.9 Å². The lowest BCUT2D eigenvalue weighted by molar-refractivity contribution is -0.143. The van der Waals surface area contributed by atoms with Gasteiger partial charge in [0.1, 0.15) is 12.4 Å². The quantitative estimate of drug-likeness (QED) is 0.760. The van der Waals surface area contributed by atoms with Gasteiger partial charge in [-0.3, -0.25) is 4.79 Å². The molecule has 0 saturated carbocycles. The summed E-state index contributed by atoms with van der Waals surface area (Å²) in [5.74, 6) is 0.550. The van der Waals surface area contributed by atoms with E-state index in [4.69, 9.17) is 15.2 Å². The highest BCUT2D eigenvalue weighted by Crippen LogP contribution is 2.22. The molecular formula is C19H23NO3. The van der Waals surface area contributed by atoms with Crippen molar-refractivity contribution in [1.82, 2.24) is 0 Å². The largest absolute Gasteiger partial charge is 0.489 e. The number of rotatable bonds is 8. The molecule has 2 N–H and O–H groups in total. The van der Waals surface area contributed by atoms with Crippen molar-refractivity contribution < 1.29 is 14.3 Å². The standard InChI is InChI=1S/C19H23NO3/c1-2-22-19(21)12-17(13-20)16-8-10-18(11-9-16)23-14-15-6-4-3-5-7-15/h3-11,17H,2,12-14,20H2,1H3/t17-/m1/s1. The third kappa shape index (κ3) is 5.42. The van der Waals surface area contributed by atoms with Gasteiger partial charge in [-0.05, 0) is 36.7 Å². The van der Waals surface area contributed by atoms with Crippen LogP contribution in [0.3, 0.4) is 0 Å². The van der Waals surface area contributed by atoms with Gasteiger partial charge in [-0.1, -0.05) is 42.5 Å². The van der Waals surface area contributed by atoms with Gasteiger partial charge >= 0.3 is 5.97 Å². The molecule has 4 nitrogen and oxygen atoms in total. The lowest BCUT2D eigenvalue weighted by atomic mass is 9.96. The Morgan fingerprint density at radius 2 is 1.78 bits per heavy atom. The molecule has 0 heterocycles. The first kappa shape index (κ1) is 17.0. The summed E-state index contributed by atoms with van der Waals surface area (Å²) in [4.78, 5) is 11.6. The van der Waals surface area contributed by atoms with Gasteiger partial charge in [-0.15, -0.1) is 0 Å². The molecule has 0 amide bonds. The van der Waals surface area contributed by atoms with Gasteiger partial charge < -0.3 is 15.2 Å². The minimum absolute atomic E-state index is 0.0303. The van der Waals surface area contributed by atoms with E-state index < -0.39 is 0 Å². The molecule has 2 aromatic rings. The van der Waals surface area contributed by atoms with Crippen molar-refractivity contribution in [2.75, 3.05) is 13.2 Å². The molecule has 0 aromatic heterocycles. The summed E-state index contributed by atoms with van der Waals surface area (Å²) >= 11 is 0. The Labute approximate surface area is 137 Å². The van der Waals surface area contributed by atoms with E-state index in [2.05, 4.69) is 0 Å². The predicted octanol–water partition coefficient (Wildman–Crippen LogP) is 3.26. The van der Waals surface area contributed by atoms with Crippen LogP contribution in [0.1, 0.15) is 30.4 Å². The van der Waals surface area contributed by atoms with Crippen molar-refractivity contribution in [1.29, 1.82) is 0 Å². The maximum Gasteiger partial charge on any atom is 0.306 e. The summed E-state index contributed by atoms with van der Waals surface area (Å²) in [5, 5.41) is 0. The van der Waals surface area contributed by atoms with Crippen molar-refractivity contribution in [3.63, 3.8) is 0 Å². The van der Waals surface area contributed by atoms with E-state index in [0.717, 1.165) is 16.9 Å². The first-order chi connectivity index (χ1) is 11.2. The first-order valence-electron chi connectivity index (χ1n) is 7.85. The van der Waals surface area contributed by atoms with Crippen LogP contribution in [-0.4, -0.2) is 19.1 Å². The number of benzene rings is 2. The van der Waals surface area contributed by atoms with E-state index in [1.165, 1.54) is 0 Å². The van der Waals surface area contributed by atoms with E-state index in [1.54, 1.807) is 6.92 Å². The molecule has 1 atom stereocenters. The van der Waals surface area contributed by atoms with Crippen molar-refractivity contribution in [2.24, 2.45) is 5.73 Å². The fourth-order valence-electron chi connectivity index (χ4n) is 2.34. The number of hydrogen-bond acceptors (Lipinski definition) is 4. The number of nitrogens with two attached hydrogens (primary N) is 1. The number of carbonyl (C=O) groups is 1. The third-order valence-corrected chi connectivity index (χ3v) is 3.60. The molecule has 0 saturated heterocycles. The van der Waals surface area contributed by atoms with E-state index in [0.29, 0.717) is 26.2 Å². The zero-order chi connectivity index (χ0) is 16.5. The second kappa shape index (κ2) is 8.96. The molecule has 4 heteroatoms. The molecule has 0 fully saturated rings. The van der Waals surface area contributed by atoms with Crippen LogP contribution in [0.5, 0.6) is 5.75 Å². The van der Waals surface area contributed by atoms with Gasteiger partial charge in [-0.25, -0.2) is 0 Å². The first-order valence-corrected chi connectivity index (χ1v) is 7.85. The Hall–Kier alpha value is -2.33. The summed E-state index contributed by atoms with van der Waals surface area (Å²) in [6.45, 7) is 3.13. The van der Waals surface area contributed by atoms with Crippen molar-refractivity contribution >= 4 is 5.97 Å². The highest BCUT2D eigenvalue weighted by Gasteiger charge is 2.15. The lowest BCUT2D eigenvalue weighted by Crippen LogP contribution is -2.18. The summed E-state index contributed by atoms with van der Waals surface area (Å²) < 4.78 is 10.7. The summed E-state index contributed by atoms with van der Waals surface area (Å²) in [5.41, 5.74) is 7.93. The lowest BCUT2D eigenvalue weighted by Gasteiger charge is -2.15. The van der Waals surface area contributed by atoms with Crippen LogP contribution in [0.2, 0.25) is 0 Å². The molecule has 2 aromatic carbocycles. The number of hydrogen-bond donors (Lipinski definition) is 1. The van der Waals surface area contributed by atoms with E-state index >= 15 is 0 Å². The predicted molar refractivity (Wildman–Crippen MR) is 90.3 cm³/mol. The number of esters is 1.